The van der Waals surface area contributed by atoms with Gasteiger partial charge in [0.15, 0.2) is 5.76 Å². The Morgan fingerprint density at radius 1 is 1.60 bits per heavy atom. The van der Waals surface area contributed by atoms with Crippen molar-refractivity contribution in [3.05, 3.63) is 23.7 Å². The third-order valence-corrected chi connectivity index (χ3v) is 2.38. The Hall–Kier alpha value is -0.960. The van der Waals surface area contributed by atoms with Crippen molar-refractivity contribution in [3.8, 4) is 0 Å². The Morgan fingerprint density at radius 3 is 2.87 bits per heavy atom. The fraction of sp³-hybridized carbons (Fsp3) is 0.545. The molecule has 0 aliphatic rings. The summed E-state index contributed by atoms with van der Waals surface area (Å²) in [5.41, 5.74) is 0. The normalized spacial score (nSPS) is 12.5. The molecule has 15 heavy (non-hydrogen) atoms. The van der Waals surface area contributed by atoms with Gasteiger partial charge in [-0.05, 0) is 38.8 Å². The van der Waals surface area contributed by atoms with Crippen LogP contribution in [0.2, 0.25) is 0 Å². The van der Waals surface area contributed by atoms with Gasteiger partial charge in [-0.15, -0.1) is 11.6 Å². The predicted octanol–water partition coefficient (Wildman–Crippen LogP) is 2.73. The molecule has 0 bridgehead atoms. The molecular weight excluding hydrogens is 214 g/mol. The van der Waals surface area contributed by atoms with Crippen LogP contribution in [0.5, 0.6) is 0 Å². The standard InChI is InChI=1S/C11H16ClNO2/c1-8(4-3-7-12)13-11(14)10-6-5-9(2)15-10/h5-6,8H,3-4,7H2,1-2H3,(H,13,14). The molecule has 1 N–H and O–H groups in total. The molecule has 84 valence electrons. The summed E-state index contributed by atoms with van der Waals surface area (Å²) in [5.74, 6) is 1.57. The first-order valence-electron chi connectivity index (χ1n) is 5.06. The number of hydrogen-bond acceptors (Lipinski definition) is 2. The third-order valence-electron chi connectivity index (χ3n) is 2.11. The molecule has 0 radical (unpaired) electrons. The van der Waals surface area contributed by atoms with Crippen LogP contribution in [0, 0.1) is 6.92 Å². The average Bonchev–Trinajstić information content (AvgIpc) is 2.61. The number of carbonyl (C=O) groups excluding carboxylic acids is 1. The van der Waals surface area contributed by atoms with Crippen LogP contribution < -0.4 is 5.32 Å². The lowest BCUT2D eigenvalue weighted by molar-refractivity contribution is 0.0909. The van der Waals surface area contributed by atoms with Gasteiger partial charge in [0, 0.05) is 11.9 Å². The number of rotatable bonds is 5. The number of aryl methyl sites for hydroxylation is 1. The fourth-order valence-electron chi connectivity index (χ4n) is 1.31. The summed E-state index contributed by atoms with van der Waals surface area (Å²) in [7, 11) is 0. The van der Waals surface area contributed by atoms with Crippen LogP contribution in [0.1, 0.15) is 36.1 Å². The Bertz CT molecular complexity index is 322. The van der Waals surface area contributed by atoms with Crippen molar-refractivity contribution in [3.63, 3.8) is 0 Å². The van der Waals surface area contributed by atoms with Gasteiger partial charge in [-0.25, -0.2) is 0 Å². The zero-order valence-electron chi connectivity index (χ0n) is 9.05. The summed E-state index contributed by atoms with van der Waals surface area (Å²) in [6, 6.07) is 3.58. The molecule has 0 aliphatic heterocycles. The van der Waals surface area contributed by atoms with Crippen molar-refractivity contribution >= 4 is 17.5 Å². The van der Waals surface area contributed by atoms with E-state index in [1.165, 1.54) is 0 Å². The molecule has 1 amide bonds. The van der Waals surface area contributed by atoms with Gasteiger partial charge in [0.05, 0.1) is 0 Å². The van der Waals surface area contributed by atoms with Crippen molar-refractivity contribution in [2.75, 3.05) is 5.88 Å². The number of carbonyl (C=O) groups is 1. The van der Waals surface area contributed by atoms with Crippen LogP contribution >= 0.6 is 11.6 Å². The smallest absolute Gasteiger partial charge is 0.287 e. The van der Waals surface area contributed by atoms with Crippen LogP contribution in [0.25, 0.3) is 0 Å². The van der Waals surface area contributed by atoms with Crippen LogP contribution in [0.15, 0.2) is 16.5 Å². The van der Waals surface area contributed by atoms with Gasteiger partial charge in [-0.2, -0.15) is 0 Å². The maximum Gasteiger partial charge on any atom is 0.287 e. The van der Waals surface area contributed by atoms with Crippen molar-refractivity contribution in [2.24, 2.45) is 0 Å². The second-order valence-corrected chi connectivity index (χ2v) is 3.99. The van der Waals surface area contributed by atoms with E-state index in [4.69, 9.17) is 16.0 Å². The number of halogens is 1. The Morgan fingerprint density at radius 2 is 2.33 bits per heavy atom. The minimum absolute atomic E-state index is 0.127. The van der Waals surface area contributed by atoms with Gasteiger partial charge in [0.1, 0.15) is 5.76 Å². The van der Waals surface area contributed by atoms with E-state index in [1.54, 1.807) is 12.1 Å². The van der Waals surface area contributed by atoms with E-state index >= 15 is 0 Å². The Labute approximate surface area is 94.8 Å². The van der Waals surface area contributed by atoms with Crippen molar-refractivity contribution in [1.82, 2.24) is 5.32 Å². The molecule has 1 unspecified atom stereocenters. The fourth-order valence-corrected chi connectivity index (χ4v) is 1.46. The van der Waals surface area contributed by atoms with Gasteiger partial charge in [0.2, 0.25) is 0 Å². The van der Waals surface area contributed by atoms with E-state index in [9.17, 15) is 4.79 Å². The van der Waals surface area contributed by atoms with E-state index in [0.29, 0.717) is 11.6 Å². The summed E-state index contributed by atoms with van der Waals surface area (Å²) >= 11 is 5.57. The third kappa shape index (κ3) is 3.96. The zero-order valence-corrected chi connectivity index (χ0v) is 9.80. The Kier molecular flexibility index (Phi) is 4.69. The molecule has 0 aliphatic carbocycles. The highest BCUT2D eigenvalue weighted by molar-refractivity contribution is 6.17. The van der Waals surface area contributed by atoms with Crippen molar-refractivity contribution < 1.29 is 9.21 Å². The average molecular weight is 230 g/mol. The van der Waals surface area contributed by atoms with Crippen LogP contribution in [-0.4, -0.2) is 17.8 Å². The second kappa shape index (κ2) is 5.81. The van der Waals surface area contributed by atoms with Gasteiger partial charge in [0.25, 0.3) is 5.91 Å². The maximum absolute atomic E-state index is 11.6. The molecule has 1 aromatic rings. The lowest BCUT2D eigenvalue weighted by atomic mass is 10.2. The van der Waals surface area contributed by atoms with Gasteiger partial charge in [-0.3, -0.25) is 4.79 Å². The number of nitrogens with one attached hydrogen (secondary N) is 1. The molecular formula is C11H16ClNO2. The first-order valence-corrected chi connectivity index (χ1v) is 5.60. The van der Waals surface area contributed by atoms with Crippen molar-refractivity contribution in [1.29, 1.82) is 0 Å². The van der Waals surface area contributed by atoms with E-state index in [1.807, 2.05) is 13.8 Å². The monoisotopic (exact) mass is 229 g/mol. The largest absolute Gasteiger partial charge is 0.456 e. The lowest BCUT2D eigenvalue weighted by Crippen LogP contribution is -2.32. The van der Waals surface area contributed by atoms with Crippen molar-refractivity contribution in [2.45, 2.75) is 32.7 Å². The first-order chi connectivity index (χ1) is 7.13. The van der Waals surface area contributed by atoms with Gasteiger partial charge in [-0.1, -0.05) is 0 Å². The highest BCUT2D eigenvalue weighted by Crippen LogP contribution is 2.07. The number of amides is 1. The summed E-state index contributed by atoms with van der Waals surface area (Å²) in [5, 5.41) is 2.85. The predicted molar refractivity (Wildman–Crippen MR) is 60.3 cm³/mol. The first kappa shape index (κ1) is 12.1. The molecule has 1 heterocycles. The summed E-state index contributed by atoms with van der Waals surface area (Å²) in [4.78, 5) is 11.6. The topological polar surface area (TPSA) is 42.2 Å². The van der Waals surface area contributed by atoms with E-state index < -0.39 is 0 Å². The van der Waals surface area contributed by atoms with Crippen LogP contribution in [0.3, 0.4) is 0 Å². The summed E-state index contributed by atoms with van der Waals surface area (Å²) in [6.07, 6.45) is 1.79. The molecule has 0 aromatic carbocycles. The molecule has 1 atom stereocenters. The maximum atomic E-state index is 11.6. The molecule has 0 saturated heterocycles. The summed E-state index contributed by atoms with van der Waals surface area (Å²) < 4.78 is 5.21. The van der Waals surface area contributed by atoms with Crippen LogP contribution in [-0.2, 0) is 0 Å². The Balaban J connectivity index is 2.42. The highest BCUT2D eigenvalue weighted by Gasteiger charge is 2.12. The van der Waals surface area contributed by atoms with Gasteiger partial charge >= 0.3 is 0 Å². The minimum atomic E-state index is -0.162. The van der Waals surface area contributed by atoms with Gasteiger partial charge < -0.3 is 9.73 Å². The highest BCUT2D eigenvalue weighted by atomic mass is 35.5. The number of alkyl halides is 1. The molecule has 0 spiro atoms. The lowest BCUT2D eigenvalue weighted by Gasteiger charge is -2.11. The van der Waals surface area contributed by atoms with Crippen LogP contribution in [0.4, 0.5) is 0 Å². The zero-order chi connectivity index (χ0) is 11.3. The number of hydrogen-bond donors (Lipinski definition) is 1. The van der Waals surface area contributed by atoms with E-state index in [0.717, 1.165) is 18.6 Å². The minimum Gasteiger partial charge on any atom is -0.456 e. The quantitative estimate of drug-likeness (QED) is 0.789. The molecule has 1 rings (SSSR count). The molecule has 0 saturated carbocycles. The molecule has 4 heteroatoms. The summed E-state index contributed by atoms with van der Waals surface area (Å²) in [6.45, 7) is 3.77. The second-order valence-electron chi connectivity index (χ2n) is 3.62. The van der Waals surface area contributed by atoms with E-state index in [2.05, 4.69) is 5.32 Å². The molecule has 3 nitrogen and oxygen atoms in total. The SMILES string of the molecule is Cc1ccc(C(=O)NC(C)CCCCl)o1. The number of furan rings is 1. The van der Waals surface area contributed by atoms with E-state index in [-0.39, 0.29) is 11.9 Å². The molecule has 1 aromatic heterocycles. The molecule has 0 fully saturated rings.